The highest BCUT2D eigenvalue weighted by Crippen LogP contribution is 2.51. The summed E-state index contributed by atoms with van der Waals surface area (Å²) < 4.78 is 82.5. The number of carbonyl (C=O) groups excluding carboxylic acids is 1. The van der Waals surface area contributed by atoms with Crippen LogP contribution in [0.2, 0.25) is 0 Å². The Morgan fingerprint density at radius 2 is 1.41 bits per heavy atom. The molecule has 15 nitrogen and oxygen atoms in total. The normalized spacial score (nSPS) is 20.3. The molecule has 17 heteroatoms. The number of ether oxygens (including phenoxy) is 2. The van der Waals surface area contributed by atoms with Gasteiger partial charge in [0, 0.05) is 93.5 Å². The topological polar surface area (TPSA) is 205 Å². The Balaban J connectivity index is 1.52. The number of hydrogen-bond acceptors (Lipinski definition) is 11. The predicted octanol–water partition coefficient (Wildman–Crippen LogP) is 5.28. The van der Waals surface area contributed by atoms with E-state index in [1.54, 1.807) is 26.4 Å². The summed E-state index contributed by atoms with van der Waals surface area (Å²) >= 11 is 0. The lowest BCUT2D eigenvalue weighted by Gasteiger charge is -2.29. The van der Waals surface area contributed by atoms with Crippen LogP contribution in [-0.2, 0) is 45.3 Å². The van der Waals surface area contributed by atoms with Gasteiger partial charge in [0.25, 0.3) is 20.2 Å². The first kappa shape index (κ1) is 42.6. The van der Waals surface area contributed by atoms with Crippen LogP contribution in [0.1, 0.15) is 70.4 Å². The van der Waals surface area contributed by atoms with Gasteiger partial charge in [-0.1, -0.05) is 6.08 Å². The average molecular weight is 817 g/mol. The number of hydrogen-bond donors (Lipinski definition) is 4. The fourth-order valence-electron chi connectivity index (χ4n) is 7.69. The molecule has 2 aliphatic rings. The van der Waals surface area contributed by atoms with E-state index in [4.69, 9.17) is 14.3 Å². The largest absolute Gasteiger partial charge is 0.492 e. The molecule has 1 aromatic heterocycles. The number of anilines is 1. The summed E-state index contributed by atoms with van der Waals surface area (Å²) in [5.74, 6) is -1.45. The van der Waals surface area contributed by atoms with Gasteiger partial charge in [-0.25, -0.2) is 4.79 Å². The number of likely N-dealkylation sites (N-methyl/N-ethyl adjacent to an activating group) is 1. The standard InChI is InChI=1S/C39H49N3O12S2/c1-6-40-31-16-14-27(55(46,47)48)25-29(31)38(2,20-23-52-4)33(40)11-10-12-34-39(3,21-24-53-5)30-26-28(56(49,50)51)15-17-32(30)41(34)22-9-7-8-13-37(45)54-42-35(43)18-19-36(42)44/h10-12,14-19,25-26H,6-9,13,20-24H2,1-5H3,(H3-,43,44,46,47,48,49,50,51)/p+1. The fraction of sp³-hybridized carbons (Fsp3) is 0.436. The van der Waals surface area contributed by atoms with E-state index in [-0.39, 0.29) is 16.2 Å². The Morgan fingerprint density at radius 1 is 0.821 bits per heavy atom. The van der Waals surface area contributed by atoms with Crippen LogP contribution in [0, 0.1) is 0 Å². The summed E-state index contributed by atoms with van der Waals surface area (Å²) in [5, 5.41) is 19.6. The Kier molecular flexibility index (Phi) is 12.9. The highest BCUT2D eigenvalue weighted by Gasteiger charge is 2.48. The molecule has 56 heavy (non-hydrogen) atoms. The number of aromatic nitrogens is 1. The van der Waals surface area contributed by atoms with Crippen molar-refractivity contribution in [1.82, 2.24) is 4.73 Å². The van der Waals surface area contributed by atoms with Gasteiger partial charge in [0.2, 0.25) is 17.4 Å². The zero-order valence-electron chi connectivity index (χ0n) is 32.1. The monoisotopic (exact) mass is 816 g/mol. The summed E-state index contributed by atoms with van der Waals surface area (Å²) in [4.78, 5) is 19.2. The quantitative estimate of drug-likeness (QED) is 0.0734. The SMILES string of the molecule is CCN1C(=CC=CC2=[N+](CCCCCC(=O)On3c(O)ccc3O)c3ccc(S(=O)(=O)O)cc3C2(C)CCOC)C(C)(CCOC)c2cc(S(=O)(=O)O)ccc21. The molecular formula is C39H50N3O12S2+. The Labute approximate surface area is 327 Å². The first-order valence-electron chi connectivity index (χ1n) is 18.2. The van der Waals surface area contributed by atoms with Gasteiger partial charge in [-0.2, -0.15) is 21.4 Å². The third-order valence-corrected chi connectivity index (χ3v) is 12.4. The second-order valence-corrected chi connectivity index (χ2v) is 17.1. The van der Waals surface area contributed by atoms with Crippen molar-refractivity contribution in [2.45, 2.75) is 79.9 Å². The van der Waals surface area contributed by atoms with E-state index >= 15 is 0 Å². The van der Waals surface area contributed by atoms with Crippen LogP contribution in [-0.4, -0.2) is 97.7 Å². The molecule has 2 unspecified atom stereocenters. The lowest BCUT2D eigenvalue weighted by molar-refractivity contribution is -0.438. The molecule has 0 bridgehead atoms. The molecule has 0 saturated carbocycles. The van der Waals surface area contributed by atoms with E-state index in [0.717, 1.165) is 28.3 Å². The van der Waals surface area contributed by atoms with Crippen LogP contribution in [0.25, 0.3) is 0 Å². The zero-order valence-corrected chi connectivity index (χ0v) is 33.8. The number of allylic oxidation sites excluding steroid dienone is 4. The number of aromatic hydroxyl groups is 2. The van der Waals surface area contributed by atoms with E-state index in [9.17, 15) is 40.9 Å². The van der Waals surface area contributed by atoms with Gasteiger partial charge in [-0.05, 0) is 88.4 Å². The van der Waals surface area contributed by atoms with Gasteiger partial charge in [-0.3, -0.25) is 9.11 Å². The Hall–Kier alpha value is -4.52. The number of rotatable bonds is 18. The van der Waals surface area contributed by atoms with Crippen molar-refractivity contribution in [3.63, 3.8) is 0 Å². The molecule has 0 fully saturated rings. The lowest BCUT2D eigenvalue weighted by Crippen LogP contribution is -2.33. The molecule has 2 atom stereocenters. The molecule has 5 rings (SSSR count). The van der Waals surface area contributed by atoms with Crippen molar-refractivity contribution in [2.75, 3.05) is 45.4 Å². The summed E-state index contributed by atoms with van der Waals surface area (Å²) in [6.45, 7) is 7.78. The first-order valence-corrected chi connectivity index (χ1v) is 21.1. The summed E-state index contributed by atoms with van der Waals surface area (Å²) in [6.07, 6.45) is 8.57. The number of unbranched alkanes of at least 4 members (excludes halogenated alkanes) is 2. The van der Waals surface area contributed by atoms with Gasteiger partial charge in [0.1, 0.15) is 6.54 Å². The minimum Gasteiger partial charge on any atom is -0.492 e. The van der Waals surface area contributed by atoms with Crippen LogP contribution in [0.5, 0.6) is 11.8 Å². The molecule has 0 amide bonds. The summed E-state index contributed by atoms with van der Waals surface area (Å²) in [5.41, 5.74) is 3.27. The molecule has 2 aromatic carbocycles. The molecule has 4 N–H and O–H groups in total. The molecule has 0 radical (unpaired) electrons. The van der Waals surface area contributed by atoms with E-state index in [1.807, 2.05) is 39.0 Å². The summed E-state index contributed by atoms with van der Waals surface area (Å²) in [7, 11) is -5.79. The second kappa shape index (κ2) is 16.9. The lowest BCUT2D eigenvalue weighted by atomic mass is 9.76. The molecule has 3 aromatic rings. The van der Waals surface area contributed by atoms with Crippen LogP contribution < -0.4 is 9.74 Å². The average Bonchev–Trinajstić information content (AvgIpc) is 3.68. The number of fused-ring (bicyclic) bond motifs is 2. The molecule has 2 aliphatic heterocycles. The van der Waals surface area contributed by atoms with Gasteiger partial charge < -0.3 is 29.4 Å². The molecule has 0 saturated heterocycles. The number of methoxy groups -OCH3 is 2. The van der Waals surface area contributed by atoms with Crippen LogP contribution in [0.15, 0.2) is 82.2 Å². The molecule has 3 heterocycles. The predicted molar refractivity (Wildman–Crippen MR) is 208 cm³/mol. The maximum Gasteiger partial charge on any atom is 0.333 e. The van der Waals surface area contributed by atoms with Crippen LogP contribution in [0.4, 0.5) is 11.4 Å². The van der Waals surface area contributed by atoms with E-state index in [2.05, 4.69) is 9.48 Å². The van der Waals surface area contributed by atoms with E-state index < -0.39 is 48.8 Å². The summed E-state index contributed by atoms with van der Waals surface area (Å²) in [6, 6.07) is 11.5. The van der Waals surface area contributed by atoms with Gasteiger partial charge in [0.15, 0.2) is 5.71 Å². The molecule has 0 spiro atoms. The fourth-order valence-corrected chi connectivity index (χ4v) is 8.71. The Morgan fingerprint density at radius 3 is 2.00 bits per heavy atom. The highest BCUT2D eigenvalue weighted by molar-refractivity contribution is 7.86. The minimum atomic E-state index is -4.52. The maximum absolute atomic E-state index is 12.4. The van der Waals surface area contributed by atoms with Crippen molar-refractivity contribution in [2.24, 2.45) is 0 Å². The smallest absolute Gasteiger partial charge is 0.333 e. The van der Waals surface area contributed by atoms with Crippen molar-refractivity contribution in [3.8, 4) is 11.8 Å². The number of benzene rings is 2. The molecular weight excluding hydrogens is 767 g/mol. The van der Waals surface area contributed by atoms with E-state index in [1.165, 1.54) is 36.4 Å². The number of nitrogens with zero attached hydrogens (tertiary/aromatic N) is 3. The Bertz CT molecular complexity index is 2260. The molecule has 304 valence electrons. The highest BCUT2D eigenvalue weighted by atomic mass is 32.2. The van der Waals surface area contributed by atoms with Gasteiger partial charge in [0.05, 0.1) is 15.2 Å². The third-order valence-electron chi connectivity index (χ3n) is 10.7. The van der Waals surface area contributed by atoms with Crippen LogP contribution in [0.3, 0.4) is 0 Å². The van der Waals surface area contributed by atoms with Crippen molar-refractivity contribution >= 4 is 43.3 Å². The number of carbonyl (C=O) groups is 1. The van der Waals surface area contributed by atoms with Crippen molar-refractivity contribution in [3.05, 3.63) is 83.6 Å². The second-order valence-electron chi connectivity index (χ2n) is 14.3. The zero-order chi connectivity index (χ0) is 41.1. The van der Waals surface area contributed by atoms with Crippen molar-refractivity contribution in [1.29, 1.82) is 0 Å². The minimum absolute atomic E-state index is 0.0326. The third kappa shape index (κ3) is 8.57. The van der Waals surface area contributed by atoms with Crippen molar-refractivity contribution < 1.29 is 59.8 Å². The van der Waals surface area contributed by atoms with Gasteiger partial charge in [-0.15, -0.1) is 4.73 Å². The first-order chi connectivity index (χ1) is 26.4. The van der Waals surface area contributed by atoms with Crippen LogP contribution >= 0.6 is 0 Å². The van der Waals surface area contributed by atoms with E-state index in [0.29, 0.717) is 68.7 Å². The van der Waals surface area contributed by atoms with Gasteiger partial charge >= 0.3 is 5.97 Å². The maximum atomic E-state index is 12.4. The molecule has 0 aliphatic carbocycles.